The van der Waals surface area contributed by atoms with Crippen LogP contribution in [-0.2, 0) is 4.74 Å². The highest BCUT2D eigenvalue weighted by Gasteiger charge is 2.35. The predicted octanol–water partition coefficient (Wildman–Crippen LogP) is 3.34. The van der Waals surface area contributed by atoms with Crippen molar-refractivity contribution in [3.63, 3.8) is 0 Å². The number of hydrogen-bond acceptors (Lipinski definition) is 5. The summed E-state index contributed by atoms with van der Waals surface area (Å²) in [5.74, 6) is -0.257. The number of morpholine rings is 1. The number of benzene rings is 2. The van der Waals surface area contributed by atoms with Gasteiger partial charge in [-0.3, -0.25) is 9.59 Å². The highest BCUT2D eigenvalue weighted by Crippen LogP contribution is 2.31. The zero-order chi connectivity index (χ0) is 19.0. The van der Waals surface area contributed by atoms with Crippen LogP contribution in [0.2, 0.25) is 0 Å². The third-order valence-corrected chi connectivity index (χ3v) is 5.08. The van der Waals surface area contributed by atoms with E-state index < -0.39 is 0 Å². The molecule has 1 saturated heterocycles. The van der Waals surface area contributed by atoms with Gasteiger partial charge in [0.25, 0.3) is 0 Å². The number of hydrogen-bond donors (Lipinski definition) is 1. The van der Waals surface area contributed by atoms with Crippen LogP contribution in [0.3, 0.4) is 0 Å². The van der Waals surface area contributed by atoms with Crippen molar-refractivity contribution in [2.24, 2.45) is 0 Å². The molecular weight excluding hydrogens is 340 g/mol. The molecule has 1 heterocycles. The zero-order valence-electron chi connectivity index (χ0n) is 15.5. The smallest absolute Gasteiger partial charge is 0.212 e. The molecule has 2 aliphatic rings. The van der Waals surface area contributed by atoms with Gasteiger partial charge in [-0.2, -0.15) is 0 Å². The minimum Gasteiger partial charge on any atom is -0.378 e. The van der Waals surface area contributed by atoms with Crippen LogP contribution in [-0.4, -0.2) is 42.8 Å². The lowest BCUT2D eigenvalue weighted by molar-refractivity contribution is 0.0496. The molecule has 0 bridgehead atoms. The number of nitrogens with one attached hydrogen (secondary N) is 1. The van der Waals surface area contributed by atoms with Crippen molar-refractivity contribution in [3.8, 4) is 0 Å². The number of anilines is 1. The number of fused-ring (bicyclic) bond motifs is 1. The normalized spacial score (nSPS) is 17.2. The van der Waals surface area contributed by atoms with Crippen LogP contribution in [0.5, 0.6) is 0 Å². The maximum Gasteiger partial charge on any atom is 0.212 e. The van der Waals surface area contributed by atoms with Crippen LogP contribution >= 0.6 is 0 Å². The average molecular weight is 362 g/mol. The van der Waals surface area contributed by atoms with Crippen LogP contribution in [0.1, 0.15) is 31.8 Å². The molecular formula is C22H22N2O3. The lowest BCUT2D eigenvalue weighted by Gasteiger charge is -2.34. The van der Waals surface area contributed by atoms with Gasteiger partial charge in [0.05, 0.1) is 13.2 Å². The molecule has 1 aliphatic heterocycles. The van der Waals surface area contributed by atoms with E-state index in [-0.39, 0.29) is 11.6 Å². The first kappa shape index (κ1) is 17.5. The Bertz CT molecular complexity index is 956. The summed E-state index contributed by atoms with van der Waals surface area (Å²) in [5, 5.41) is 3.29. The minimum absolute atomic E-state index is 0.111. The molecule has 0 unspecified atom stereocenters. The van der Waals surface area contributed by atoms with Crippen molar-refractivity contribution in [1.29, 1.82) is 0 Å². The van der Waals surface area contributed by atoms with Crippen LogP contribution in [0.15, 0.2) is 53.9 Å². The van der Waals surface area contributed by atoms with Gasteiger partial charge in [-0.15, -0.1) is 0 Å². The quantitative estimate of drug-likeness (QED) is 0.908. The van der Waals surface area contributed by atoms with Gasteiger partial charge in [0.2, 0.25) is 11.6 Å². The van der Waals surface area contributed by atoms with E-state index in [4.69, 9.17) is 4.74 Å². The second kappa shape index (κ2) is 7.00. The molecule has 0 amide bonds. The summed E-state index contributed by atoms with van der Waals surface area (Å²) in [6, 6.07) is 13.1. The number of carbonyl (C=O) groups excluding carboxylic acids is 2. The fourth-order valence-electron chi connectivity index (χ4n) is 3.57. The van der Waals surface area contributed by atoms with Gasteiger partial charge in [-0.1, -0.05) is 36.4 Å². The molecule has 2 aromatic carbocycles. The topological polar surface area (TPSA) is 58.6 Å². The molecule has 4 rings (SSSR count). The van der Waals surface area contributed by atoms with E-state index in [0.29, 0.717) is 48.8 Å². The molecule has 1 aliphatic carbocycles. The van der Waals surface area contributed by atoms with Crippen molar-refractivity contribution in [3.05, 3.63) is 76.1 Å². The molecule has 0 aromatic heterocycles. The summed E-state index contributed by atoms with van der Waals surface area (Å²) < 4.78 is 5.43. The zero-order valence-corrected chi connectivity index (χ0v) is 15.5. The first-order valence-corrected chi connectivity index (χ1v) is 9.16. The van der Waals surface area contributed by atoms with E-state index in [1.807, 2.05) is 36.9 Å². The fourth-order valence-corrected chi connectivity index (χ4v) is 3.57. The molecule has 1 fully saturated rings. The number of Topliss-reactive ketones (excluding diaryl/α,β-unsaturated/α-hetero) is 2. The molecule has 2 aromatic rings. The Balaban J connectivity index is 1.85. The third-order valence-electron chi connectivity index (χ3n) is 5.08. The lowest BCUT2D eigenvalue weighted by atomic mass is 9.89. The lowest BCUT2D eigenvalue weighted by Crippen LogP contribution is -2.42. The summed E-state index contributed by atoms with van der Waals surface area (Å²) in [4.78, 5) is 28.5. The Labute approximate surface area is 158 Å². The van der Waals surface area contributed by atoms with Gasteiger partial charge in [-0.25, -0.2) is 0 Å². The number of rotatable bonds is 3. The van der Waals surface area contributed by atoms with Gasteiger partial charge in [0, 0.05) is 29.9 Å². The van der Waals surface area contributed by atoms with Crippen LogP contribution in [0.4, 0.5) is 5.69 Å². The summed E-state index contributed by atoms with van der Waals surface area (Å²) in [5.41, 5.74) is 4.68. The Morgan fingerprint density at radius 2 is 1.59 bits per heavy atom. The van der Waals surface area contributed by atoms with Crippen LogP contribution in [0, 0.1) is 13.8 Å². The highest BCUT2D eigenvalue weighted by molar-refractivity contribution is 6.27. The molecule has 0 spiro atoms. The molecule has 5 heteroatoms. The van der Waals surface area contributed by atoms with Gasteiger partial charge in [0.15, 0.2) is 0 Å². The second-order valence-corrected chi connectivity index (χ2v) is 6.97. The third kappa shape index (κ3) is 3.15. The standard InChI is InChI=1S/C22H22N2O3/c1-14-7-8-15(2)18(13-14)23-19-20(24-9-11-27-12-10-24)22(26)17-6-4-3-5-16(17)21(19)25/h3-8,13,23H,9-12H2,1-2H3. The first-order valence-electron chi connectivity index (χ1n) is 9.16. The fraction of sp³-hybridized carbons (Fsp3) is 0.273. The summed E-state index contributed by atoms with van der Waals surface area (Å²) in [6.45, 7) is 6.26. The van der Waals surface area contributed by atoms with E-state index in [1.165, 1.54) is 0 Å². The summed E-state index contributed by atoms with van der Waals surface area (Å²) in [7, 11) is 0. The van der Waals surface area contributed by atoms with Gasteiger partial charge >= 0.3 is 0 Å². The van der Waals surface area contributed by atoms with Crippen molar-refractivity contribution in [2.45, 2.75) is 13.8 Å². The number of nitrogens with zero attached hydrogens (tertiary/aromatic N) is 1. The number of ketones is 2. The van der Waals surface area contributed by atoms with Crippen molar-refractivity contribution < 1.29 is 14.3 Å². The Hall–Kier alpha value is -2.92. The van der Waals surface area contributed by atoms with Gasteiger partial charge in [0.1, 0.15) is 11.4 Å². The number of aryl methyl sites for hydroxylation is 2. The summed E-state index contributed by atoms with van der Waals surface area (Å²) in [6.07, 6.45) is 0. The van der Waals surface area contributed by atoms with E-state index in [1.54, 1.807) is 24.3 Å². The maximum absolute atomic E-state index is 13.3. The summed E-state index contributed by atoms with van der Waals surface area (Å²) >= 11 is 0. The van der Waals surface area contributed by atoms with Gasteiger partial charge in [-0.05, 0) is 31.0 Å². The molecule has 0 saturated carbocycles. The van der Waals surface area contributed by atoms with Crippen LogP contribution < -0.4 is 5.32 Å². The molecule has 5 nitrogen and oxygen atoms in total. The first-order chi connectivity index (χ1) is 13.1. The predicted molar refractivity (Wildman–Crippen MR) is 104 cm³/mol. The Morgan fingerprint density at radius 1 is 0.926 bits per heavy atom. The molecule has 0 radical (unpaired) electrons. The van der Waals surface area contributed by atoms with Crippen molar-refractivity contribution in [2.75, 3.05) is 31.6 Å². The monoisotopic (exact) mass is 362 g/mol. The van der Waals surface area contributed by atoms with Crippen molar-refractivity contribution >= 4 is 17.3 Å². The largest absolute Gasteiger partial charge is 0.378 e. The van der Waals surface area contributed by atoms with Crippen molar-refractivity contribution in [1.82, 2.24) is 4.90 Å². The Kier molecular flexibility index (Phi) is 4.54. The number of carbonyl (C=O) groups is 2. The molecule has 138 valence electrons. The highest BCUT2D eigenvalue weighted by atomic mass is 16.5. The maximum atomic E-state index is 13.3. The van der Waals surface area contributed by atoms with E-state index in [0.717, 1.165) is 16.8 Å². The van der Waals surface area contributed by atoms with E-state index >= 15 is 0 Å². The minimum atomic E-state index is -0.146. The average Bonchev–Trinajstić information content (AvgIpc) is 2.69. The molecule has 0 atom stereocenters. The van der Waals surface area contributed by atoms with E-state index in [9.17, 15) is 9.59 Å². The number of ether oxygens (including phenoxy) is 1. The van der Waals surface area contributed by atoms with E-state index in [2.05, 4.69) is 5.32 Å². The Morgan fingerprint density at radius 3 is 2.30 bits per heavy atom. The van der Waals surface area contributed by atoms with Gasteiger partial charge < -0.3 is 15.0 Å². The number of allylic oxidation sites excluding steroid dienone is 2. The molecule has 1 N–H and O–H groups in total. The second-order valence-electron chi connectivity index (χ2n) is 6.97. The SMILES string of the molecule is Cc1ccc(C)c(NC2=C(N3CCOCC3)C(=O)c3ccccc3C2=O)c1. The molecule has 27 heavy (non-hydrogen) atoms. The van der Waals surface area contributed by atoms with Crippen LogP contribution in [0.25, 0.3) is 0 Å².